The zero-order chi connectivity index (χ0) is 27.4. The van der Waals surface area contributed by atoms with Crippen molar-refractivity contribution in [3.05, 3.63) is 63.2 Å². The lowest BCUT2D eigenvalue weighted by Crippen LogP contribution is -2.42. The van der Waals surface area contributed by atoms with Gasteiger partial charge in [-0.1, -0.05) is 11.6 Å². The van der Waals surface area contributed by atoms with Crippen molar-refractivity contribution < 1.29 is 22.9 Å². The standard InChI is InChI=1S/C27H32ClF3N4O3/c1-33(17-18-12-14-34(15-13-18)23-9-4-20(28)5-10-23)26(36)19-2-6-21(7-3-19)32-22-8-11-25(35(37)38)24(16-22)27(29,30)31/h4-5,8-11,16,18-19,21,32H,2-3,6-7,12-15,17H2,1H3/t19-,21-. The average Bonchev–Trinajstić information content (AvgIpc) is 2.89. The van der Waals surface area contributed by atoms with Crippen LogP contribution in [0.25, 0.3) is 0 Å². The molecule has 0 unspecified atom stereocenters. The quantitative estimate of drug-likeness (QED) is 0.309. The van der Waals surface area contributed by atoms with Gasteiger partial charge in [0.2, 0.25) is 5.91 Å². The SMILES string of the molecule is CN(CC1CCN(c2ccc(Cl)cc2)CC1)C(=O)[C@H]1CC[C@H](Nc2ccc([N+](=O)[O-])c(C(F)(F)F)c2)CC1. The lowest BCUT2D eigenvalue weighted by Gasteiger charge is -2.36. The molecule has 0 atom stereocenters. The Balaban J connectivity index is 1.24. The molecule has 1 heterocycles. The molecule has 2 aromatic rings. The summed E-state index contributed by atoms with van der Waals surface area (Å²) in [6, 6.07) is 10.7. The number of rotatable bonds is 7. The number of nitro groups is 1. The number of hydrogen-bond donors (Lipinski definition) is 1. The number of amides is 1. The van der Waals surface area contributed by atoms with Gasteiger partial charge in [0.15, 0.2) is 0 Å². The topological polar surface area (TPSA) is 78.7 Å². The fourth-order valence-electron chi connectivity index (χ4n) is 5.55. The van der Waals surface area contributed by atoms with Crippen molar-refractivity contribution >= 4 is 34.6 Å². The Labute approximate surface area is 225 Å². The van der Waals surface area contributed by atoms with E-state index in [1.807, 2.05) is 36.2 Å². The number of nitrogens with zero attached hydrogens (tertiary/aromatic N) is 3. The van der Waals surface area contributed by atoms with E-state index >= 15 is 0 Å². The highest BCUT2D eigenvalue weighted by Gasteiger charge is 2.38. The van der Waals surface area contributed by atoms with Gasteiger partial charge in [-0.3, -0.25) is 14.9 Å². The predicted molar refractivity (Wildman–Crippen MR) is 141 cm³/mol. The third-order valence-electron chi connectivity index (χ3n) is 7.66. The second-order valence-corrected chi connectivity index (χ2v) is 10.7. The number of piperidine rings is 1. The first-order chi connectivity index (χ1) is 18.0. The van der Waals surface area contributed by atoms with Gasteiger partial charge in [-0.25, -0.2) is 0 Å². The molecule has 0 radical (unpaired) electrons. The van der Waals surface area contributed by atoms with Gasteiger partial charge in [0.1, 0.15) is 5.56 Å². The molecule has 1 saturated carbocycles. The highest BCUT2D eigenvalue weighted by molar-refractivity contribution is 6.30. The van der Waals surface area contributed by atoms with E-state index in [4.69, 9.17) is 11.6 Å². The van der Waals surface area contributed by atoms with Crippen LogP contribution in [-0.2, 0) is 11.0 Å². The van der Waals surface area contributed by atoms with E-state index in [1.165, 1.54) is 6.07 Å². The maximum Gasteiger partial charge on any atom is 0.423 e. The number of carbonyl (C=O) groups is 1. The Morgan fingerprint density at radius 1 is 1.08 bits per heavy atom. The van der Waals surface area contributed by atoms with Gasteiger partial charge in [0, 0.05) is 61.1 Å². The number of benzene rings is 2. The van der Waals surface area contributed by atoms with E-state index < -0.39 is 22.4 Å². The third kappa shape index (κ3) is 6.89. The first-order valence-corrected chi connectivity index (χ1v) is 13.3. The van der Waals surface area contributed by atoms with Crippen LogP contribution in [0.15, 0.2) is 42.5 Å². The van der Waals surface area contributed by atoms with Gasteiger partial charge in [-0.2, -0.15) is 13.2 Å². The molecule has 11 heteroatoms. The summed E-state index contributed by atoms with van der Waals surface area (Å²) in [5.74, 6) is 0.462. The summed E-state index contributed by atoms with van der Waals surface area (Å²) in [5, 5.41) is 14.8. The summed E-state index contributed by atoms with van der Waals surface area (Å²) in [5.41, 5.74) is -0.876. The normalized spacial score (nSPS) is 20.7. The predicted octanol–water partition coefficient (Wildman–Crippen LogP) is 6.61. The van der Waals surface area contributed by atoms with E-state index in [0.717, 1.165) is 48.8 Å². The number of anilines is 2. The highest BCUT2D eigenvalue weighted by atomic mass is 35.5. The molecule has 4 rings (SSSR count). The van der Waals surface area contributed by atoms with Crippen molar-refractivity contribution in [2.45, 2.75) is 50.7 Å². The lowest BCUT2D eigenvalue weighted by molar-refractivity contribution is -0.388. The number of halogens is 4. The van der Waals surface area contributed by atoms with Crippen LogP contribution in [0.1, 0.15) is 44.1 Å². The molecule has 0 spiro atoms. The van der Waals surface area contributed by atoms with Crippen molar-refractivity contribution in [2.24, 2.45) is 11.8 Å². The number of nitro benzene ring substituents is 1. The molecule has 2 aromatic carbocycles. The Hall–Kier alpha value is -3.01. The number of alkyl halides is 3. The largest absolute Gasteiger partial charge is 0.423 e. The summed E-state index contributed by atoms with van der Waals surface area (Å²) in [6.07, 6.45) is -0.229. The monoisotopic (exact) mass is 552 g/mol. The van der Waals surface area contributed by atoms with Crippen LogP contribution >= 0.6 is 11.6 Å². The summed E-state index contributed by atoms with van der Waals surface area (Å²) in [6.45, 7) is 2.59. The highest BCUT2D eigenvalue weighted by Crippen LogP contribution is 2.38. The van der Waals surface area contributed by atoms with Gasteiger partial charge in [0.25, 0.3) is 5.69 Å². The average molecular weight is 553 g/mol. The molecule has 1 N–H and O–H groups in total. The van der Waals surface area contributed by atoms with Crippen LogP contribution in [0.4, 0.5) is 30.2 Å². The molecule has 7 nitrogen and oxygen atoms in total. The van der Waals surface area contributed by atoms with E-state index in [2.05, 4.69) is 10.2 Å². The van der Waals surface area contributed by atoms with Crippen molar-refractivity contribution in [3.63, 3.8) is 0 Å². The number of hydrogen-bond acceptors (Lipinski definition) is 5. The summed E-state index contributed by atoms with van der Waals surface area (Å²) >= 11 is 5.99. The minimum atomic E-state index is -4.82. The Bertz CT molecular complexity index is 1130. The van der Waals surface area contributed by atoms with E-state index in [-0.39, 0.29) is 23.6 Å². The Morgan fingerprint density at radius 3 is 2.29 bits per heavy atom. The molecule has 2 aliphatic rings. The third-order valence-corrected chi connectivity index (χ3v) is 7.91. The van der Waals surface area contributed by atoms with Gasteiger partial charge in [0.05, 0.1) is 4.92 Å². The molecule has 1 aliphatic carbocycles. The molecular formula is C27H32ClF3N4O3. The molecule has 206 valence electrons. The minimum Gasteiger partial charge on any atom is -0.382 e. The van der Waals surface area contributed by atoms with Crippen LogP contribution in [0.2, 0.25) is 5.02 Å². The van der Waals surface area contributed by atoms with Gasteiger partial charge in [-0.15, -0.1) is 0 Å². The van der Waals surface area contributed by atoms with Crippen molar-refractivity contribution in [3.8, 4) is 0 Å². The zero-order valence-electron chi connectivity index (χ0n) is 21.2. The Morgan fingerprint density at radius 2 is 1.71 bits per heavy atom. The van der Waals surface area contributed by atoms with Gasteiger partial charge >= 0.3 is 6.18 Å². The Kier molecular flexibility index (Phi) is 8.70. The van der Waals surface area contributed by atoms with Crippen molar-refractivity contribution in [2.75, 3.05) is 36.9 Å². The maximum atomic E-state index is 13.3. The molecule has 1 amide bonds. The lowest BCUT2D eigenvalue weighted by atomic mass is 9.84. The zero-order valence-corrected chi connectivity index (χ0v) is 22.0. The van der Waals surface area contributed by atoms with E-state index in [0.29, 0.717) is 38.1 Å². The smallest absolute Gasteiger partial charge is 0.382 e. The number of carbonyl (C=O) groups excluding carboxylic acids is 1. The van der Waals surface area contributed by atoms with Crippen LogP contribution in [-0.4, -0.2) is 48.5 Å². The van der Waals surface area contributed by atoms with Gasteiger partial charge < -0.3 is 15.1 Å². The molecular weight excluding hydrogens is 521 g/mol. The van der Waals surface area contributed by atoms with Crippen molar-refractivity contribution in [1.82, 2.24) is 4.90 Å². The summed E-state index contributed by atoms with van der Waals surface area (Å²) in [4.78, 5) is 27.2. The molecule has 38 heavy (non-hydrogen) atoms. The van der Waals surface area contributed by atoms with Crippen LogP contribution in [0.3, 0.4) is 0 Å². The summed E-state index contributed by atoms with van der Waals surface area (Å²) < 4.78 is 39.8. The minimum absolute atomic E-state index is 0.0934. The fraction of sp³-hybridized carbons (Fsp3) is 0.519. The molecule has 2 fully saturated rings. The van der Waals surface area contributed by atoms with Crippen LogP contribution in [0, 0.1) is 22.0 Å². The second kappa shape index (κ2) is 11.8. The molecule has 1 aliphatic heterocycles. The first kappa shape index (κ1) is 28.0. The summed E-state index contributed by atoms with van der Waals surface area (Å²) in [7, 11) is 1.85. The van der Waals surface area contributed by atoms with Gasteiger partial charge in [-0.05, 0) is 80.8 Å². The first-order valence-electron chi connectivity index (χ1n) is 12.9. The van der Waals surface area contributed by atoms with Crippen molar-refractivity contribution in [1.29, 1.82) is 0 Å². The number of nitrogens with one attached hydrogen (secondary N) is 1. The maximum absolute atomic E-state index is 13.3. The van der Waals surface area contributed by atoms with Crippen LogP contribution < -0.4 is 10.2 Å². The molecule has 1 saturated heterocycles. The molecule has 0 aromatic heterocycles. The molecule has 0 bridgehead atoms. The van der Waals surface area contributed by atoms with E-state index in [1.54, 1.807) is 0 Å². The van der Waals surface area contributed by atoms with E-state index in [9.17, 15) is 28.1 Å². The fourth-order valence-corrected chi connectivity index (χ4v) is 5.67. The second-order valence-electron chi connectivity index (χ2n) is 10.3. The van der Waals surface area contributed by atoms with Crippen LogP contribution in [0.5, 0.6) is 0 Å².